The summed E-state index contributed by atoms with van der Waals surface area (Å²) in [6.45, 7) is 1.00. The number of amides is 1. The zero-order valence-corrected chi connectivity index (χ0v) is 15.8. The van der Waals surface area contributed by atoms with Gasteiger partial charge in [-0.3, -0.25) is 4.79 Å². The van der Waals surface area contributed by atoms with Crippen molar-refractivity contribution in [3.8, 4) is 17.2 Å². The van der Waals surface area contributed by atoms with Crippen LogP contribution in [-0.2, 0) is 13.2 Å². The molecule has 4 rings (SSSR count). The summed E-state index contributed by atoms with van der Waals surface area (Å²) in [4.78, 5) is 14.7. The molecule has 1 aliphatic heterocycles. The normalized spacial score (nSPS) is 12.6. The molecule has 0 aliphatic carbocycles. The molecule has 5 nitrogen and oxygen atoms in total. The van der Waals surface area contributed by atoms with Gasteiger partial charge in [0.2, 0.25) is 0 Å². The van der Waals surface area contributed by atoms with Gasteiger partial charge in [-0.25, -0.2) is 0 Å². The van der Waals surface area contributed by atoms with E-state index in [0.29, 0.717) is 30.2 Å². The van der Waals surface area contributed by atoms with E-state index in [1.165, 1.54) is 0 Å². The van der Waals surface area contributed by atoms with Crippen molar-refractivity contribution in [3.05, 3.63) is 83.4 Å². The summed E-state index contributed by atoms with van der Waals surface area (Å²) in [5.74, 6) is 1.70. The van der Waals surface area contributed by atoms with Crippen molar-refractivity contribution in [2.75, 3.05) is 19.1 Å². The van der Waals surface area contributed by atoms with E-state index in [2.05, 4.69) is 0 Å². The maximum atomic E-state index is 13.0. The highest BCUT2D eigenvalue weighted by molar-refractivity contribution is 6.12. The van der Waals surface area contributed by atoms with Crippen molar-refractivity contribution < 1.29 is 19.0 Å². The molecule has 0 radical (unpaired) electrons. The number of methoxy groups -OCH3 is 2. The molecule has 142 valence electrons. The van der Waals surface area contributed by atoms with Gasteiger partial charge in [0.25, 0.3) is 5.91 Å². The summed E-state index contributed by atoms with van der Waals surface area (Å²) < 4.78 is 16.6. The molecule has 1 heterocycles. The van der Waals surface area contributed by atoms with Crippen LogP contribution in [0.1, 0.15) is 21.5 Å². The van der Waals surface area contributed by atoms with E-state index in [9.17, 15) is 4.79 Å². The van der Waals surface area contributed by atoms with Crippen molar-refractivity contribution in [2.45, 2.75) is 13.2 Å². The van der Waals surface area contributed by atoms with Crippen molar-refractivity contribution in [1.29, 1.82) is 0 Å². The number of ether oxygens (including phenoxy) is 3. The molecule has 1 amide bonds. The van der Waals surface area contributed by atoms with Crippen LogP contribution < -0.4 is 19.1 Å². The Hall–Kier alpha value is -3.47. The lowest BCUT2D eigenvalue weighted by molar-refractivity contribution is 0.0993. The van der Waals surface area contributed by atoms with Gasteiger partial charge in [-0.15, -0.1) is 0 Å². The maximum absolute atomic E-state index is 13.0. The van der Waals surface area contributed by atoms with E-state index < -0.39 is 0 Å². The zero-order valence-electron chi connectivity index (χ0n) is 15.8. The first-order valence-corrected chi connectivity index (χ1v) is 9.03. The molecule has 0 fully saturated rings. The van der Waals surface area contributed by atoms with Crippen molar-refractivity contribution >= 4 is 11.6 Å². The van der Waals surface area contributed by atoms with Crippen LogP contribution in [0, 0.1) is 0 Å². The molecule has 0 spiro atoms. The third kappa shape index (κ3) is 3.27. The summed E-state index contributed by atoms with van der Waals surface area (Å²) in [5, 5.41) is 0. The van der Waals surface area contributed by atoms with Gasteiger partial charge in [-0.2, -0.15) is 0 Å². The number of nitrogens with zero attached hydrogens (tertiary/aromatic N) is 1. The molecule has 0 N–H and O–H groups in total. The van der Waals surface area contributed by atoms with Crippen LogP contribution in [0.2, 0.25) is 0 Å². The Bertz CT molecular complexity index is 983. The number of carbonyl (C=O) groups is 1. The molecule has 0 bridgehead atoms. The molecule has 1 aliphatic rings. The molecule has 0 saturated heterocycles. The monoisotopic (exact) mass is 375 g/mol. The Balaban J connectivity index is 1.51. The minimum absolute atomic E-state index is 0.0938. The highest BCUT2D eigenvalue weighted by Crippen LogP contribution is 2.40. The van der Waals surface area contributed by atoms with Gasteiger partial charge >= 0.3 is 0 Å². The third-order valence-electron chi connectivity index (χ3n) is 4.82. The van der Waals surface area contributed by atoms with Crippen LogP contribution >= 0.6 is 0 Å². The van der Waals surface area contributed by atoms with E-state index >= 15 is 0 Å². The third-order valence-corrected chi connectivity index (χ3v) is 4.82. The van der Waals surface area contributed by atoms with Crippen molar-refractivity contribution in [1.82, 2.24) is 0 Å². The summed E-state index contributed by atoms with van der Waals surface area (Å²) in [7, 11) is 3.11. The van der Waals surface area contributed by atoms with Crippen LogP contribution in [-0.4, -0.2) is 20.1 Å². The van der Waals surface area contributed by atoms with Gasteiger partial charge in [-0.05, 0) is 41.5 Å². The standard InChI is InChI=1S/C23H21NO4/c1-26-20-13-8-17-14-24(23(25)21(17)22(20)27-2)18-9-11-19(12-10-18)28-15-16-6-4-3-5-7-16/h3-13H,14-15H2,1-2H3. The van der Waals surface area contributed by atoms with Gasteiger partial charge < -0.3 is 19.1 Å². The first kappa shape index (κ1) is 17.9. The summed E-state index contributed by atoms with van der Waals surface area (Å²) in [5.41, 5.74) is 3.41. The predicted octanol–water partition coefficient (Wildman–Crippen LogP) is 4.44. The quantitative estimate of drug-likeness (QED) is 0.639. The fraction of sp³-hybridized carbons (Fsp3) is 0.174. The highest BCUT2D eigenvalue weighted by atomic mass is 16.5. The molecule has 3 aromatic rings. The molecule has 28 heavy (non-hydrogen) atoms. The van der Waals surface area contributed by atoms with E-state index in [0.717, 1.165) is 22.6 Å². The number of hydrogen-bond donors (Lipinski definition) is 0. The second-order valence-electron chi connectivity index (χ2n) is 6.49. The Labute approximate surface area is 164 Å². The van der Waals surface area contributed by atoms with E-state index in [1.54, 1.807) is 19.1 Å². The smallest absolute Gasteiger partial charge is 0.262 e. The van der Waals surface area contributed by atoms with Gasteiger partial charge in [-0.1, -0.05) is 36.4 Å². The Kier molecular flexibility index (Phi) is 4.89. The van der Waals surface area contributed by atoms with Crippen molar-refractivity contribution in [3.63, 3.8) is 0 Å². The topological polar surface area (TPSA) is 48.0 Å². The SMILES string of the molecule is COc1ccc2c(c1OC)C(=O)N(c1ccc(OCc3ccccc3)cc1)C2. The lowest BCUT2D eigenvalue weighted by Crippen LogP contribution is -2.23. The fourth-order valence-electron chi connectivity index (χ4n) is 3.38. The van der Waals surface area contributed by atoms with E-state index in [-0.39, 0.29) is 5.91 Å². The second kappa shape index (κ2) is 7.64. The first-order chi connectivity index (χ1) is 13.7. The molecule has 5 heteroatoms. The number of carbonyl (C=O) groups excluding carboxylic acids is 1. The number of anilines is 1. The van der Waals surface area contributed by atoms with Gasteiger partial charge in [0.05, 0.1) is 26.3 Å². The molecule has 3 aromatic carbocycles. The van der Waals surface area contributed by atoms with Gasteiger partial charge in [0.1, 0.15) is 12.4 Å². The molecule has 0 saturated carbocycles. The van der Waals surface area contributed by atoms with Crippen LogP contribution in [0.4, 0.5) is 5.69 Å². The average Bonchev–Trinajstić information content (AvgIpc) is 3.09. The number of rotatable bonds is 6. The van der Waals surface area contributed by atoms with Crippen LogP contribution in [0.15, 0.2) is 66.7 Å². The van der Waals surface area contributed by atoms with Crippen LogP contribution in [0.25, 0.3) is 0 Å². The largest absolute Gasteiger partial charge is 0.493 e. The Morgan fingerprint density at radius 2 is 1.64 bits per heavy atom. The average molecular weight is 375 g/mol. The number of hydrogen-bond acceptors (Lipinski definition) is 4. The molecule has 0 unspecified atom stereocenters. The summed E-state index contributed by atoms with van der Waals surface area (Å²) in [6.07, 6.45) is 0. The van der Waals surface area contributed by atoms with Crippen LogP contribution in [0.3, 0.4) is 0 Å². The minimum atomic E-state index is -0.0938. The molecular weight excluding hydrogens is 354 g/mol. The first-order valence-electron chi connectivity index (χ1n) is 9.03. The zero-order chi connectivity index (χ0) is 19.5. The highest BCUT2D eigenvalue weighted by Gasteiger charge is 2.33. The minimum Gasteiger partial charge on any atom is -0.493 e. The molecule has 0 atom stereocenters. The van der Waals surface area contributed by atoms with Gasteiger partial charge in [0.15, 0.2) is 11.5 Å². The number of benzene rings is 3. The summed E-state index contributed by atoms with van der Waals surface area (Å²) >= 11 is 0. The van der Waals surface area contributed by atoms with E-state index in [1.807, 2.05) is 66.7 Å². The Morgan fingerprint density at radius 3 is 2.32 bits per heavy atom. The number of fused-ring (bicyclic) bond motifs is 1. The molecule has 0 aromatic heterocycles. The van der Waals surface area contributed by atoms with Crippen molar-refractivity contribution in [2.24, 2.45) is 0 Å². The van der Waals surface area contributed by atoms with Crippen LogP contribution in [0.5, 0.6) is 17.2 Å². The molecular formula is C23H21NO4. The lowest BCUT2D eigenvalue weighted by Gasteiger charge is -2.16. The van der Waals surface area contributed by atoms with Gasteiger partial charge in [0, 0.05) is 5.69 Å². The fourth-order valence-corrected chi connectivity index (χ4v) is 3.38. The van der Waals surface area contributed by atoms with E-state index in [4.69, 9.17) is 14.2 Å². The summed E-state index contributed by atoms with van der Waals surface area (Å²) in [6, 6.07) is 21.3. The second-order valence-corrected chi connectivity index (χ2v) is 6.49. The maximum Gasteiger partial charge on any atom is 0.262 e. The predicted molar refractivity (Wildman–Crippen MR) is 107 cm³/mol. The Morgan fingerprint density at radius 1 is 0.893 bits per heavy atom. The lowest BCUT2D eigenvalue weighted by atomic mass is 10.1.